The van der Waals surface area contributed by atoms with Gasteiger partial charge in [0, 0.05) is 21.9 Å². The van der Waals surface area contributed by atoms with Crippen LogP contribution in [0.1, 0.15) is 29.3 Å². The summed E-state index contributed by atoms with van der Waals surface area (Å²) in [6.45, 7) is 0.615. The molecule has 0 spiro atoms. The van der Waals surface area contributed by atoms with Crippen molar-refractivity contribution in [2.45, 2.75) is 31.5 Å². The van der Waals surface area contributed by atoms with Crippen molar-refractivity contribution in [2.75, 3.05) is 0 Å². The molecule has 1 aliphatic rings. The van der Waals surface area contributed by atoms with Crippen LogP contribution in [0.3, 0.4) is 0 Å². The molecule has 1 atom stereocenters. The number of carbonyl (C=O) groups is 1. The van der Waals surface area contributed by atoms with Gasteiger partial charge in [0.25, 0.3) is 0 Å². The molecule has 5 heteroatoms. The van der Waals surface area contributed by atoms with E-state index in [9.17, 15) is 4.79 Å². The number of thiophene rings is 1. The van der Waals surface area contributed by atoms with E-state index in [1.165, 1.54) is 11.3 Å². The summed E-state index contributed by atoms with van der Waals surface area (Å²) in [6.07, 6.45) is 2.15. The average Bonchev–Trinajstić information content (AvgIpc) is 3.18. The Labute approximate surface area is 136 Å². The molecule has 1 aliphatic carbocycles. The summed E-state index contributed by atoms with van der Waals surface area (Å²) in [5.74, 6) is 0.0238. The number of amides is 1. The molecule has 3 nitrogen and oxygen atoms in total. The molecule has 21 heavy (non-hydrogen) atoms. The number of hydrogen-bond donors (Lipinski definition) is 1. The number of carbonyl (C=O) groups excluding carboxylic acids is 1. The third kappa shape index (κ3) is 3.36. The maximum atomic E-state index is 12.7. The Morgan fingerprint density at radius 2 is 2.10 bits per heavy atom. The van der Waals surface area contributed by atoms with Gasteiger partial charge in [-0.3, -0.25) is 4.79 Å². The zero-order valence-corrected chi connectivity index (χ0v) is 13.9. The quantitative estimate of drug-likeness (QED) is 0.878. The minimum absolute atomic E-state index is 0.0238. The van der Waals surface area contributed by atoms with Gasteiger partial charge in [-0.15, -0.1) is 11.3 Å². The minimum atomic E-state index is -0.548. The SMILES string of the molecule is NC(C(=O)N(Cc1ccccc1Br)C1CC1)c1cccs1. The molecule has 0 aliphatic heterocycles. The number of rotatable bonds is 5. The van der Waals surface area contributed by atoms with E-state index >= 15 is 0 Å². The summed E-state index contributed by atoms with van der Waals surface area (Å²) in [7, 11) is 0. The van der Waals surface area contributed by atoms with Crippen LogP contribution in [0.4, 0.5) is 0 Å². The molecular formula is C16H17BrN2OS. The van der Waals surface area contributed by atoms with E-state index < -0.39 is 6.04 Å². The first kappa shape index (κ1) is 14.8. The van der Waals surface area contributed by atoms with Gasteiger partial charge in [-0.2, -0.15) is 0 Å². The molecule has 1 amide bonds. The van der Waals surface area contributed by atoms with E-state index in [4.69, 9.17) is 5.73 Å². The molecule has 3 rings (SSSR count). The lowest BCUT2D eigenvalue weighted by atomic mass is 10.1. The molecule has 1 aromatic carbocycles. The van der Waals surface area contributed by atoms with Crippen molar-refractivity contribution in [3.05, 3.63) is 56.7 Å². The second-order valence-electron chi connectivity index (χ2n) is 5.28. The first-order chi connectivity index (χ1) is 10.2. The standard InChI is InChI=1S/C16H17BrN2OS/c17-13-5-2-1-4-11(13)10-19(12-7-8-12)16(20)15(18)14-6-3-9-21-14/h1-6,9,12,15H,7-8,10,18H2. The van der Waals surface area contributed by atoms with Crippen molar-refractivity contribution in [2.24, 2.45) is 5.73 Å². The lowest BCUT2D eigenvalue weighted by Crippen LogP contribution is -2.39. The summed E-state index contributed by atoms with van der Waals surface area (Å²) in [6, 6.07) is 11.7. The molecule has 0 radical (unpaired) electrons. The van der Waals surface area contributed by atoms with Crippen LogP contribution in [0.2, 0.25) is 0 Å². The van der Waals surface area contributed by atoms with E-state index in [1.807, 2.05) is 46.7 Å². The average molecular weight is 365 g/mol. The predicted molar refractivity (Wildman–Crippen MR) is 89.0 cm³/mol. The molecule has 1 unspecified atom stereocenters. The van der Waals surface area contributed by atoms with Crippen LogP contribution < -0.4 is 5.73 Å². The molecule has 0 saturated heterocycles. The van der Waals surface area contributed by atoms with Gasteiger partial charge in [-0.1, -0.05) is 40.2 Å². The van der Waals surface area contributed by atoms with Crippen LogP contribution in [0.5, 0.6) is 0 Å². The highest BCUT2D eigenvalue weighted by molar-refractivity contribution is 9.10. The van der Waals surface area contributed by atoms with Gasteiger partial charge >= 0.3 is 0 Å². The van der Waals surface area contributed by atoms with Crippen LogP contribution >= 0.6 is 27.3 Å². The monoisotopic (exact) mass is 364 g/mol. The van der Waals surface area contributed by atoms with Crippen LogP contribution in [0.15, 0.2) is 46.3 Å². The minimum Gasteiger partial charge on any atom is -0.334 e. The molecule has 2 aromatic rings. The molecule has 1 fully saturated rings. The van der Waals surface area contributed by atoms with E-state index in [0.717, 1.165) is 27.8 Å². The fourth-order valence-corrected chi connectivity index (χ4v) is 3.48. The topological polar surface area (TPSA) is 46.3 Å². The number of halogens is 1. The summed E-state index contributed by atoms with van der Waals surface area (Å²) in [5.41, 5.74) is 7.27. The number of hydrogen-bond acceptors (Lipinski definition) is 3. The summed E-state index contributed by atoms with van der Waals surface area (Å²) in [4.78, 5) is 15.6. The van der Waals surface area contributed by atoms with Crippen molar-refractivity contribution < 1.29 is 4.79 Å². The van der Waals surface area contributed by atoms with Crippen LogP contribution in [-0.2, 0) is 11.3 Å². The molecule has 2 N–H and O–H groups in total. The Hall–Kier alpha value is -1.17. The van der Waals surface area contributed by atoms with Crippen LogP contribution in [0, 0.1) is 0 Å². The zero-order valence-electron chi connectivity index (χ0n) is 11.5. The summed E-state index contributed by atoms with van der Waals surface area (Å²) < 4.78 is 1.04. The van der Waals surface area contributed by atoms with Gasteiger partial charge in [0.15, 0.2) is 0 Å². The van der Waals surface area contributed by atoms with Crippen molar-refractivity contribution >= 4 is 33.2 Å². The van der Waals surface area contributed by atoms with Crippen molar-refractivity contribution in [1.29, 1.82) is 0 Å². The smallest absolute Gasteiger partial charge is 0.245 e. The molecule has 1 saturated carbocycles. The Morgan fingerprint density at radius 1 is 1.33 bits per heavy atom. The highest BCUT2D eigenvalue weighted by atomic mass is 79.9. The molecule has 0 bridgehead atoms. The van der Waals surface area contributed by atoms with Gasteiger partial charge in [-0.05, 0) is 35.9 Å². The Balaban J connectivity index is 1.79. The Bertz CT molecular complexity index is 625. The van der Waals surface area contributed by atoms with Crippen LogP contribution in [0.25, 0.3) is 0 Å². The fraction of sp³-hybridized carbons (Fsp3) is 0.312. The largest absolute Gasteiger partial charge is 0.334 e. The van der Waals surface area contributed by atoms with E-state index in [-0.39, 0.29) is 5.91 Å². The second kappa shape index (κ2) is 6.30. The molecule has 1 heterocycles. The van der Waals surface area contributed by atoms with Gasteiger partial charge in [0.05, 0.1) is 0 Å². The zero-order chi connectivity index (χ0) is 14.8. The number of nitrogens with two attached hydrogens (primary N) is 1. The number of benzene rings is 1. The molecule has 1 aromatic heterocycles. The summed E-state index contributed by atoms with van der Waals surface area (Å²) in [5, 5.41) is 1.96. The van der Waals surface area contributed by atoms with Gasteiger partial charge < -0.3 is 10.6 Å². The lowest BCUT2D eigenvalue weighted by molar-refractivity contribution is -0.133. The Kier molecular flexibility index (Phi) is 4.42. The van der Waals surface area contributed by atoms with Gasteiger partial charge in [-0.25, -0.2) is 0 Å². The molecule has 110 valence electrons. The van der Waals surface area contributed by atoms with E-state index in [0.29, 0.717) is 12.6 Å². The van der Waals surface area contributed by atoms with Crippen molar-refractivity contribution in [3.63, 3.8) is 0 Å². The van der Waals surface area contributed by atoms with Crippen molar-refractivity contribution in [3.8, 4) is 0 Å². The second-order valence-corrected chi connectivity index (χ2v) is 7.12. The third-order valence-electron chi connectivity index (χ3n) is 3.69. The first-order valence-electron chi connectivity index (χ1n) is 6.99. The van der Waals surface area contributed by atoms with E-state index in [1.54, 1.807) is 0 Å². The van der Waals surface area contributed by atoms with Gasteiger partial charge in [0.1, 0.15) is 6.04 Å². The maximum absolute atomic E-state index is 12.7. The van der Waals surface area contributed by atoms with Crippen molar-refractivity contribution in [1.82, 2.24) is 4.90 Å². The van der Waals surface area contributed by atoms with Crippen LogP contribution in [-0.4, -0.2) is 16.8 Å². The highest BCUT2D eigenvalue weighted by Gasteiger charge is 2.35. The number of nitrogens with zero attached hydrogens (tertiary/aromatic N) is 1. The van der Waals surface area contributed by atoms with E-state index in [2.05, 4.69) is 15.9 Å². The maximum Gasteiger partial charge on any atom is 0.245 e. The first-order valence-corrected chi connectivity index (χ1v) is 8.67. The summed E-state index contributed by atoms with van der Waals surface area (Å²) >= 11 is 5.09. The highest BCUT2D eigenvalue weighted by Crippen LogP contribution is 2.32. The lowest BCUT2D eigenvalue weighted by Gasteiger charge is -2.26. The Morgan fingerprint density at radius 3 is 2.71 bits per heavy atom. The normalized spacial score (nSPS) is 15.7. The predicted octanol–water partition coefficient (Wildman–Crippen LogP) is 3.70. The fourth-order valence-electron chi connectivity index (χ4n) is 2.35. The molecular weight excluding hydrogens is 348 g/mol. The van der Waals surface area contributed by atoms with Gasteiger partial charge in [0.2, 0.25) is 5.91 Å². The third-order valence-corrected chi connectivity index (χ3v) is 5.41.